The second-order valence-electron chi connectivity index (χ2n) is 9.10. The van der Waals surface area contributed by atoms with Crippen LogP contribution in [0.5, 0.6) is 0 Å². The van der Waals surface area contributed by atoms with Gasteiger partial charge in [0.1, 0.15) is 5.82 Å². The van der Waals surface area contributed by atoms with Crippen LogP contribution < -0.4 is 4.90 Å². The van der Waals surface area contributed by atoms with Crippen molar-refractivity contribution in [1.82, 2.24) is 14.6 Å². The Balaban J connectivity index is 1.79. The highest BCUT2D eigenvalue weighted by molar-refractivity contribution is 5.83. The van der Waals surface area contributed by atoms with Gasteiger partial charge in [-0.15, -0.1) is 0 Å². The van der Waals surface area contributed by atoms with Gasteiger partial charge in [-0.2, -0.15) is 5.10 Å². The lowest BCUT2D eigenvalue weighted by Gasteiger charge is -2.25. The first kappa shape index (κ1) is 22.6. The smallest absolute Gasteiger partial charge is 0.166 e. The van der Waals surface area contributed by atoms with E-state index >= 15 is 0 Å². The molecule has 4 aromatic rings. The average Bonchev–Trinajstić information content (AvgIpc) is 3.47. The minimum Gasteiger partial charge on any atom is -0.394 e. The number of aliphatic hydroxyl groups is 1. The quantitative estimate of drug-likeness (QED) is 0.415. The fraction of sp³-hybridized carbons (Fsp3) is 0.357. The Morgan fingerprint density at radius 2 is 1.85 bits per heavy atom. The highest BCUT2D eigenvalue weighted by Crippen LogP contribution is 2.35. The first-order valence-electron chi connectivity index (χ1n) is 12.1. The monoisotopic (exact) mass is 456 g/mol. The fourth-order valence-electron chi connectivity index (χ4n) is 4.85. The Bertz CT molecular complexity index is 1300. The molecule has 3 heterocycles. The van der Waals surface area contributed by atoms with E-state index in [1.54, 1.807) is 0 Å². The summed E-state index contributed by atoms with van der Waals surface area (Å²) >= 11 is 0. The Hall–Kier alpha value is -3.22. The fourth-order valence-corrected chi connectivity index (χ4v) is 4.85. The Morgan fingerprint density at radius 3 is 2.59 bits per heavy atom. The zero-order valence-electron chi connectivity index (χ0n) is 20.2. The predicted octanol–water partition coefficient (Wildman–Crippen LogP) is 5.18. The van der Waals surface area contributed by atoms with E-state index in [0.29, 0.717) is 13.2 Å². The Morgan fingerprint density at radius 1 is 1.03 bits per heavy atom. The number of hydrogen-bond acceptors (Lipinski definition) is 5. The van der Waals surface area contributed by atoms with Crippen molar-refractivity contribution in [2.24, 2.45) is 0 Å². The molecule has 1 unspecified atom stereocenters. The number of anilines is 1. The summed E-state index contributed by atoms with van der Waals surface area (Å²) in [6, 6.07) is 19.2. The van der Waals surface area contributed by atoms with E-state index in [2.05, 4.69) is 73.3 Å². The van der Waals surface area contributed by atoms with Gasteiger partial charge in [-0.1, -0.05) is 53.6 Å². The third-order valence-electron chi connectivity index (χ3n) is 6.63. The van der Waals surface area contributed by atoms with Crippen LogP contribution in [0.2, 0.25) is 0 Å². The maximum Gasteiger partial charge on any atom is 0.166 e. The van der Waals surface area contributed by atoms with Gasteiger partial charge in [0.25, 0.3) is 0 Å². The number of aryl methyl sites for hydroxylation is 2. The predicted molar refractivity (Wildman–Crippen MR) is 136 cm³/mol. The van der Waals surface area contributed by atoms with Gasteiger partial charge in [0.2, 0.25) is 0 Å². The molecule has 176 valence electrons. The van der Waals surface area contributed by atoms with Gasteiger partial charge in [-0.05, 0) is 45.2 Å². The van der Waals surface area contributed by atoms with Crippen molar-refractivity contribution < 1.29 is 9.84 Å². The van der Waals surface area contributed by atoms with E-state index in [4.69, 9.17) is 14.8 Å². The third kappa shape index (κ3) is 4.19. The normalized spacial score (nSPS) is 16.0. The molecule has 0 aliphatic carbocycles. The molecule has 6 nitrogen and oxygen atoms in total. The van der Waals surface area contributed by atoms with E-state index < -0.39 is 0 Å². The largest absolute Gasteiger partial charge is 0.394 e. The topological polar surface area (TPSA) is 62.9 Å². The molecular formula is C28H32N4O2. The Kier molecular flexibility index (Phi) is 6.35. The maximum atomic E-state index is 9.99. The molecule has 1 atom stereocenters. The van der Waals surface area contributed by atoms with Crippen molar-refractivity contribution in [1.29, 1.82) is 0 Å². The molecule has 2 aromatic carbocycles. The van der Waals surface area contributed by atoms with Gasteiger partial charge in [0, 0.05) is 24.8 Å². The van der Waals surface area contributed by atoms with E-state index in [-0.39, 0.29) is 12.6 Å². The summed E-state index contributed by atoms with van der Waals surface area (Å²) in [5, 5.41) is 15.0. The van der Waals surface area contributed by atoms with Crippen LogP contribution >= 0.6 is 0 Å². The molecule has 0 spiro atoms. The number of aliphatic hydroxyl groups excluding tert-OH is 1. The zero-order valence-corrected chi connectivity index (χ0v) is 20.2. The first-order valence-corrected chi connectivity index (χ1v) is 12.1. The van der Waals surface area contributed by atoms with Crippen LogP contribution in [0.4, 0.5) is 5.82 Å². The van der Waals surface area contributed by atoms with E-state index in [1.807, 2.05) is 11.4 Å². The van der Waals surface area contributed by atoms with Crippen LogP contribution in [-0.4, -0.2) is 45.5 Å². The summed E-state index contributed by atoms with van der Waals surface area (Å²) in [6.45, 7) is 8.26. The second-order valence-corrected chi connectivity index (χ2v) is 9.10. The maximum absolute atomic E-state index is 9.99. The van der Waals surface area contributed by atoms with Gasteiger partial charge in [0.15, 0.2) is 5.65 Å². The molecule has 34 heavy (non-hydrogen) atoms. The lowest BCUT2D eigenvalue weighted by molar-refractivity contribution is 0.131. The van der Waals surface area contributed by atoms with Gasteiger partial charge in [-0.3, -0.25) is 0 Å². The number of fused-ring (bicyclic) bond motifs is 1. The van der Waals surface area contributed by atoms with Crippen molar-refractivity contribution in [3.63, 3.8) is 0 Å². The van der Waals surface area contributed by atoms with Gasteiger partial charge in [-0.25, -0.2) is 9.50 Å². The standard InChI is InChI=1S/C28H32N4O2/c1-4-34-18-24-27(21-12-10-19(2)11-13-21)28-29-26(31-14-6-9-23(31)17-33)16-25(32(28)30-24)22-8-5-7-20(3)15-22/h5,7-8,10-13,15-16,23,33H,4,6,9,14,17-18H2,1-3H3. The third-order valence-corrected chi connectivity index (χ3v) is 6.63. The average molecular weight is 457 g/mol. The summed E-state index contributed by atoms with van der Waals surface area (Å²) in [7, 11) is 0. The Labute approximate surface area is 200 Å². The SMILES string of the molecule is CCOCc1nn2c(-c3cccc(C)c3)cc(N3CCCC3CO)nc2c1-c1ccc(C)cc1. The molecule has 1 aliphatic heterocycles. The molecule has 0 saturated carbocycles. The summed E-state index contributed by atoms with van der Waals surface area (Å²) < 4.78 is 7.78. The number of nitrogens with zero attached hydrogens (tertiary/aromatic N) is 4. The molecule has 0 radical (unpaired) electrons. The summed E-state index contributed by atoms with van der Waals surface area (Å²) in [6.07, 6.45) is 2.03. The molecule has 0 bridgehead atoms. The van der Waals surface area contributed by atoms with Crippen LogP contribution in [0.15, 0.2) is 54.6 Å². The molecule has 1 fully saturated rings. The van der Waals surface area contributed by atoms with Gasteiger partial charge < -0.3 is 14.7 Å². The van der Waals surface area contributed by atoms with Crippen molar-refractivity contribution in [3.05, 3.63) is 71.4 Å². The zero-order chi connectivity index (χ0) is 23.7. The van der Waals surface area contributed by atoms with E-state index in [9.17, 15) is 5.11 Å². The highest BCUT2D eigenvalue weighted by Gasteiger charge is 2.28. The lowest BCUT2D eigenvalue weighted by atomic mass is 10.0. The lowest BCUT2D eigenvalue weighted by Crippen LogP contribution is -2.32. The number of rotatable bonds is 7. The van der Waals surface area contributed by atoms with Crippen LogP contribution in [0.3, 0.4) is 0 Å². The molecule has 6 heteroatoms. The van der Waals surface area contributed by atoms with Crippen LogP contribution in [0, 0.1) is 13.8 Å². The van der Waals surface area contributed by atoms with E-state index in [0.717, 1.165) is 58.9 Å². The van der Waals surface area contributed by atoms with Crippen LogP contribution in [0.25, 0.3) is 28.0 Å². The molecule has 1 saturated heterocycles. The van der Waals surface area contributed by atoms with Crippen molar-refractivity contribution in [3.8, 4) is 22.4 Å². The number of benzene rings is 2. The first-order chi connectivity index (χ1) is 16.6. The molecular weight excluding hydrogens is 424 g/mol. The van der Waals surface area contributed by atoms with Crippen LogP contribution in [-0.2, 0) is 11.3 Å². The molecule has 5 rings (SSSR count). The van der Waals surface area contributed by atoms with Crippen molar-refractivity contribution in [2.75, 3.05) is 24.7 Å². The summed E-state index contributed by atoms with van der Waals surface area (Å²) in [4.78, 5) is 7.39. The number of aromatic nitrogens is 3. The minimum absolute atomic E-state index is 0.0916. The van der Waals surface area contributed by atoms with Crippen molar-refractivity contribution >= 4 is 11.5 Å². The van der Waals surface area contributed by atoms with Gasteiger partial charge in [0.05, 0.1) is 36.2 Å². The minimum atomic E-state index is 0.0916. The molecule has 1 aliphatic rings. The number of hydrogen-bond donors (Lipinski definition) is 1. The molecule has 1 N–H and O–H groups in total. The second kappa shape index (κ2) is 9.57. The van der Waals surface area contributed by atoms with Crippen molar-refractivity contribution in [2.45, 2.75) is 46.3 Å². The van der Waals surface area contributed by atoms with Gasteiger partial charge >= 0.3 is 0 Å². The highest BCUT2D eigenvalue weighted by atomic mass is 16.5. The summed E-state index contributed by atoms with van der Waals surface area (Å²) in [5.74, 6) is 0.886. The molecule has 0 amide bonds. The van der Waals surface area contributed by atoms with E-state index in [1.165, 1.54) is 11.1 Å². The molecule has 2 aromatic heterocycles. The van der Waals surface area contributed by atoms with Crippen LogP contribution in [0.1, 0.15) is 36.6 Å². The number of ether oxygens (including phenoxy) is 1. The summed E-state index contributed by atoms with van der Waals surface area (Å²) in [5.41, 5.74) is 8.26.